The van der Waals surface area contributed by atoms with Gasteiger partial charge in [0, 0.05) is 4.43 Å². The molecule has 1 heteroatoms. The molecule has 1 aromatic rings. The van der Waals surface area contributed by atoms with E-state index in [2.05, 4.69) is 53.8 Å². The maximum atomic E-state index is 2.50. The van der Waals surface area contributed by atoms with Gasteiger partial charge in [-0.25, -0.2) is 0 Å². The van der Waals surface area contributed by atoms with Gasteiger partial charge in [0.05, 0.1) is 0 Å². The van der Waals surface area contributed by atoms with Gasteiger partial charge in [-0.3, -0.25) is 0 Å². The summed E-state index contributed by atoms with van der Waals surface area (Å²) in [7, 11) is 0. The predicted molar refractivity (Wildman–Crippen MR) is 61.1 cm³/mol. The highest BCUT2D eigenvalue weighted by atomic mass is 127. The second kappa shape index (κ2) is 3.36. The van der Waals surface area contributed by atoms with Gasteiger partial charge >= 0.3 is 0 Å². The average Bonchev–Trinajstić information content (AvgIpc) is 2.18. The van der Waals surface area contributed by atoms with Crippen molar-refractivity contribution in [1.82, 2.24) is 0 Å². The Morgan fingerprint density at radius 1 is 1.08 bits per heavy atom. The molecule has 1 aromatic carbocycles. The predicted octanol–water partition coefficient (Wildman–Crippen LogP) is 3.71. The van der Waals surface area contributed by atoms with Gasteiger partial charge in [-0.15, -0.1) is 0 Å². The largest absolute Gasteiger partial charge is 0.0857 e. The van der Waals surface area contributed by atoms with Crippen molar-refractivity contribution in [2.75, 3.05) is 4.43 Å². The number of benzene rings is 1. The summed E-state index contributed by atoms with van der Waals surface area (Å²) < 4.78 is 1.25. The minimum atomic E-state index is 0.792. The summed E-state index contributed by atoms with van der Waals surface area (Å²) in [4.78, 5) is 0. The molecule has 0 saturated heterocycles. The number of alkyl halides is 1. The lowest BCUT2D eigenvalue weighted by Gasteiger charge is -2.30. The number of halogens is 1. The van der Waals surface area contributed by atoms with Crippen LogP contribution in [0.5, 0.6) is 0 Å². The SMILES string of the molecule is CCC1c2ccc(cc2)C1CI. The third-order valence-corrected chi connectivity index (χ3v) is 3.83. The van der Waals surface area contributed by atoms with Crippen LogP contribution in [0.1, 0.15) is 36.3 Å². The lowest BCUT2D eigenvalue weighted by atomic mass is 9.76. The van der Waals surface area contributed by atoms with E-state index in [1.54, 1.807) is 0 Å². The molecule has 64 valence electrons. The summed E-state index contributed by atoms with van der Waals surface area (Å²) in [5.41, 5.74) is 3.07. The maximum absolute atomic E-state index is 2.50. The molecular formula is C11H13I. The molecule has 2 bridgehead atoms. The molecule has 0 aliphatic heterocycles. The molecule has 2 atom stereocenters. The van der Waals surface area contributed by atoms with Crippen molar-refractivity contribution in [2.24, 2.45) is 0 Å². The van der Waals surface area contributed by atoms with Gasteiger partial charge in [-0.1, -0.05) is 53.8 Å². The minimum Gasteiger partial charge on any atom is -0.0857 e. The molecule has 0 nitrogen and oxygen atoms in total. The number of hydrogen-bond donors (Lipinski definition) is 0. The molecule has 0 N–H and O–H groups in total. The van der Waals surface area contributed by atoms with E-state index < -0.39 is 0 Å². The van der Waals surface area contributed by atoms with Crippen molar-refractivity contribution in [3.63, 3.8) is 0 Å². The van der Waals surface area contributed by atoms with Crippen LogP contribution in [0, 0.1) is 0 Å². The van der Waals surface area contributed by atoms with Crippen LogP contribution in [-0.2, 0) is 0 Å². The third kappa shape index (κ3) is 1.18. The highest BCUT2D eigenvalue weighted by Gasteiger charge is 2.26. The molecule has 2 aliphatic rings. The van der Waals surface area contributed by atoms with Gasteiger partial charge in [0.1, 0.15) is 0 Å². The summed E-state index contributed by atoms with van der Waals surface area (Å²) in [6.07, 6.45) is 1.28. The Morgan fingerprint density at radius 2 is 1.58 bits per heavy atom. The maximum Gasteiger partial charge on any atom is 0.00701 e. The van der Waals surface area contributed by atoms with Crippen molar-refractivity contribution in [3.05, 3.63) is 35.4 Å². The molecule has 0 amide bonds. The first-order chi connectivity index (χ1) is 5.86. The molecule has 0 spiro atoms. The van der Waals surface area contributed by atoms with Crippen molar-refractivity contribution >= 4 is 22.6 Å². The standard InChI is InChI=1S/C11H13I/c1-2-10-8-3-5-9(6-4-8)11(10)7-12/h3-6,10-11H,2,7H2,1H3. The summed E-state index contributed by atoms with van der Waals surface area (Å²) in [5.74, 6) is 1.59. The average molecular weight is 272 g/mol. The van der Waals surface area contributed by atoms with E-state index in [-0.39, 0.29) is 0 Å². The molecule has 0 aromatic heterocycles. The van der Waals surface area contributed by atoms with Crippen molar-refractivity contribution in [1.29, 1.82) is 0 Å². The Morgan fingerprint density at radius 3 is 1.92 bits per heavy atom. The Bertz CT molecular complexity index is 234. The summed E-state index contributed by atoms with van der Waals surface area (Å²) in [6.45, 7) is 2.29. The Kier molecular flexibility index (Phi) is 2.40. The van der Waals surface area contributed by atoms with E-state index >= 15 is 0 Å². The molecule has 12 heavy (non-hydrogen) atoms. The normalized spacial score (nSPS) is 26.2. The monoisotopic (exact) mass is 272 g/mol. The zero-order chi connectivity index (χ0) is 8.55. The lowest BCUT2D eigenvalue weighted by molar-refractivity contribution is 0.555. The zero-order valence-corrected chi connectivity index (χ0v) is 9.41. The molecule has 3 rings (SSSR count). The van der Waals surface area contributed by atoms with Crippen molar-refractivity contribution in [3.8, 4) is 0 Å². The number of rotatable bonds is 2. The third-order valence-electron chi connectivity index (χ3n) is 2.88. The minimum absolute atomic E-state index is 0.792. The van der Waals surface area contributed by atoms with E-state index in [0.29, 0.717) is 0 Å². The Labute approximate surface area is 87.5 Å². The van der Waals surface area contributed by atoms with Gasteiger partial charge in [0.15, 0.2) is 0 Å². The van der Waals surface area contributed by atoms with Crippen LogP contribution in [0.4, 0.5) is 0 Å². The van der Waals surface area contributed by atoms with Crippen LogP contribution in [0.2, 0.25) is 0 Å². The second-order valence-electron chi connectivity index (χ2n) is 3.44. The molecule has 2 aliphatic carbocycles. The van der Waals surface area contributed by atoms with Gasteiger partial charge in [0.25, 0.3) is 0 Å². The lowest BCUT2D eigenvalue weighted by Crippen LogP contribution is -2.16. The van der Waals surface area contributed by atoms with E-state index in [0.717, 1.165) is 11.8 Å². The number of fused-ring (bicyclic) bond motifs is 3. The van der Waals surface area contributed by atoms with E-state index in [9.17, 15) is 0 Å². The van der Waals surface area contributed by atoms with E-state index in [1.807, 2.05) is 0 Å². The highest BCUT2D eigenvalue weighted by Crippen LogP contribution is 2.41. The first kappa shape index (κ1) is 8.54. The Balaban J connectivity index is 2.40. The fourth-order valence-electron chi connectivity index (χ4n) is 2.17. The van der Waals surface area contributed by atoms with Crippen LogP contribution in [-0.4, -0.2) is 4.43 Å². The van der Waals surface area contributed by atoms with Gasteiger partial charge in [0.2, 0.25) is 0 Å². The van der Waals surface area contributed by atoms with E-state index in [4.69, 9.17) is 0 Å². The zero-order valence-electron chi connectivity index (χ0n) is 7.26. The highest BCUT2D eigenvalue weighted by molar-refractivity contribution is 14.1. The quantitative estimate of drug-likeness (QED) is 0.568. The summed E-state index contributed by atoms with van der Waals surface area (Å²) in [5, 5.41) is 0. The van der Waals surface area contributed by atoms with Crippen molar-refractivity contribution in [2.45, 2.75) is 25.2 Å². The first-order valence-electron chi connectivity index (χ1n) is 4.52. The first-order valence-corrected chi connectivity index (χ1v) is 6.05. The van der Waals surface area contributed by atoms with Gasteiger partial charge in [-0.2, -0.15) is 0 Å². The van der Waals surface area contributed by atoms with Crippen molar-refractivity contribution < 1.29 is 0 Å². The smallest absolute Gasteiger partial charge is 0.00701 e. The summed E-state index contributed by atoms with van der Waals surface area (Å²) >= 11 is 2.50. The fraction of sp³-hybridized carbons (Fsp3) is 0.455. The Hall–Kier alpha value is -0.0500. The van der Waals surface area contributed by atoms with Gasteiger partial charge in [-0.05, 0) is 29.4 Å². The van der Waals surface area contributed by atoms with Crippen LogP contribution in [0.15, 0.2) is 24.3 Å². The molecular weight excluding hydrogens is 259 g/mol. The molecule has 0 radical (unpaired) electrons. The molecule has 0 saturated carbocycles. The van der Waals surface area contributed by atoms with Crippen LogP contribution in [0.3, 0.4) is 0 Å². The van der Waals surface area contributed by atoms with Crippen LogP contribution in [0.25, 0.3) is 0 Å². The molecule has 2 unspecified atom stereocenters. The summed E-state index contributed by atoms with van der Waals surface area (Å²) in [6, 6.07) is 9.13. The molecule has 0 fully saturated rings. The molecule has 0 heterocycles. The van der Waals surface area contributed by atoms with Crippen LogP contribution >= 0.6 is 22.6 Å². The topological polar surface area (TPSA) is 0 Å². The fourth-order valence-corrected chi connectivity index (χ4v) is 3.29. The van der Waals surface area contributed by atoms with Gasteiger partial charge < -0.3 is 0 Å². The van der Waals surface area contributed by atoms with Crippen LogP contribution < -0.4 is 0 Å². The van der Waals surface area contributed by atoms with E-state index in [1.165, 1.54) is 22.0 Å². The second-order valence-corrected chi connectivity index (χ2v) is 4.32. The number of hydrogen-bond acceptors (Lipinski definition) is 0.